The molecule has 3 aromatic rings. The lowest BCUT2D eigenvalue weighted by Gasteiger charge is -2.14. The Balaban J connectivity index is 2.24. The van der Waals surface area contributed by atoms with E-state index in [-0.39, 0.29) is 5.97 Å². The van der Waals surface area contributed by atoms with Crippen molar-refractivity contribution in [2.45, 2.75) is 40.2 Å². The van der Waals surface area contributed by atoms with E-state index in [1.54, 1.807) is 0 Å². The maximum Gasteiger partial charge on any atom is 0.305 e. The highest BCUT2D eigenvalue weighted by Crippen LogP contribution is 2.33. The zero-order valence-corrected chi connectivity index (χ0v) is 15.0. The predicted octanol–water partition coefficient (Wildman–Crippen LogP) is 3.24. The van der Waals surface area contributed by atoms with Gasteiger partial charge in [0, 0.05) is 47.6 Å². The van der Waals surface area contributed by atoms with Gasteiger partial charge >= 0.3 is 5.97 Å². The van der Waals surface area contributed by atoms with Gasteiger partial charge in [0.15, 0.2) is 5.65 Å². The summed E-state index contributed by atoms with van der Waals surface area (Å²) in [5.74, 6) is -0.225. The van der Waals surface area contributed by atoms with Gasteiger partial charge in [0.25, 0.3) is 0 Å². The highest BCUT2D eigenvalue weighted by molar-refractivity contribution is 5.95. The molecule has 0 fully saturated rings. The summed E-state index contributed by atoms with van der Waals surface area (Å²) in [5.41, 5.74) is 5.97. The highest BCUT2D eigenvalue weighted by atomic mass is 16.5. The van der Waals surface area contributed by atoms with Crippen molar-refractivity contribution in [3.05, 3.63) is 41.5 Å². The zero-order valence-electron chi connectivity index (χ0n) is 15.0. The predicted molar refractivity (Wildman–Crippen MR) is 96.2 cm³/mol. The molecule has 130 valence electrons. The molecule has 0 aliphatic heterocycles. The molecule has 0 N–H and O–H groups in total. The Morgan fingerprint density at radius 1 is 1.24 bits per heavy atom. The first-order chi connectivity index (χ1) is 12.0. The Hall–Kier alpha value is -2.76. The number of aromatic nitrogens is 4. The number of carbonyl (C=O) groups is 1. The molecule has 0 amide bonds. The molecular formula is C19H22N4O2. The van der Waals surface area contributed by atoms with Crippen LogP contribution in [0.4, 0.5) is 0 Å². The van der Waals surface area contributed by atoms with Crippen molar-refractivity contribution in [3.63, 3.8) is 0 Å². The molecular weight excluding hydrogens is 316 g/mol. The van der Waals surface area contributed by atoms with Crippen LogP contribution in [0, 0.1) is 13.8 Å². The number of esters is 1. The second kappa shape index (κ2) is 7.01. The number of pyridine rings is 2. The van der Waals surface area contributed by atoms with E-state index in [0.29, 0.717) is 12.8 Å². The minimum absolute atomic E-state index is 0.225. The Bertz CT molecular complexity index is 931. The van der Waals surface area contributed by atoms with E-state index in [1.165, 1.54) is 7.11 Å². The van der Waals surface area contributed by atoms with Crippen LogP contribution in [0.15, 0.2) is 24.7 Å². The van der Waals surface area contributed by atoms with Gasteiger partial charge in [-0.2, -0.15) is 5.10 Å². The number of carbonyl (C=O) groups excluding carboxylic acids is 1. The van der Waals surface area contributed by atoms with E-state index in [0.717, 1.165) is 45.5 Å². The molecule has 6 nitrogen and oxygen atoms in total. The van der Waals surface area contributed by atoms with Gasteiger partial charge in [-0.15, -0.1) is 0 Å². The van der Waals surface area contributed by atoms with E-state index >= 15 is 0 Å². The summed E-state index contributed by atoms with van der Waals surface area (Å²) in [5, 5.41) is 5.44. The Kier molecular flexibility index (Phi) is 4.79. The number of ether oxygens (including phenoxy) is 1. The lowest BCUT2D eigenvalue weighted by molar-refractivity contribution is -0.140. The maximum absolute atomic E-state index is 11.6. The van der Waals surface area contributed by atoms with Crippen LogP contribution >= 0.6 is 0 Å². The molecule has 25 heavy (non-hydrogen) atoms. The molecule has 0 spiro atoms. The van der Waals surface area contributed by atoms with E-state index in [4.69, 9.17) is 9.72 Å². The van der Waals surface area contributed by atoms with Gasteiger partial charge in [0.05, 0.1) is 13.3 Å². The van der Waals surface area contributed by atoms with Crippen LogP contribution in [0.25, 0.3) is 22.2 Å². The average Bonchev–Trinajstić information content (AvgIpc) is 3.01. The van der Waals surface area contributed by atoms with E-state index in [1.807, 2.05) is 44.0 Å². The zero-order chi connectivity index (χ0) is 18.0. The van der Waals surface area contributed by atoms with Gasteiger partial charge in [-0.25, -0.2) is 9.67 Å². The summed E-state index contributed by atoms with van der Waals surface area (Å²) in [6, 6.07) is 2.10. The fourth-order valence-electron chi connectivity index (χ4n) is 3.13. The van der Waals surface area contributed by atoms with Gasteiger partial charge in [-0.05, 0) is 44.4 Å². The molecule has 0 saturated heterocycles. The van der Waals surface area contributed by atoms with Crippen molar-refractivity contribution >= 4 is 17.0 Å². The molecule has 0 aliphatic carbocycles. The first-order valence-electron chi connectivity index (χ1n) is 8.39. The lowest BCUT2D eigenvalue weighted by Crippen LogP contribution is -2.06. The van der Waals surface area contributed by atoms with Gasteiger partial charge < -0.3 is 4.74 Å². The number of fused-ring (bicyclic) bond motifs is 1. The fraction of sp³-hybridized carbons (Fsp3) is 0.368. The van der Waals surface area contributed by atoms with E-state index in [9.17, 15) is 4.79 Å². The summed E-state index contributed by atoms with van der Waals surface area (Å²) < 4.78 is 6.69. The molecule has 0 bridgehead atoms. The van der Waals surface area contributed by atoms with Crippen molar-refractivity contribution in [2.24, 2.45) is 0 Å². The summed E-state index contributed by atoms with van der Waals surface area (Å²) in [6.07, 6.45) is 6.43. The van der Waals surface area contributed by atoms with Crippen LogP contribution in [-0.4, -0.2) is 32.8 Å². The third kappa shape index (κ3) is 3.24. The quantitative estimate of drug-likeness (QED) is 0.668. The molecule has 6 heteroatoms. The molecule has 0 aliphatic rings. The molecule has 0 saturated carbocycles. The van der Waals surface area contributed by atoms with Crippen molar-refractivity contribution in [1.29, 1.82) is 0 Å². The van der Waals surface area contributed by atoms with Gasteiger partial charge in [-0.3, -0.25) is 9.78 Å². The lowest BCUT2D eigenvalue weighted by atomic mass is 9.94. The average molecular weight is 338 g/mol. The van der Waals surface area contributed by atoms with E-state index in [2.05, 4.69) is 16.1 Å². The van der Waals surface area contributed by atoms with Crippen LogP contribution in [0.1, 0.15) is 30.2 Å². The molecule has 3 rings (SSSR count). The fourth-order valence-corrected chi connectivity index (χ4v) is 3.13. The summed E-state index contributed by atoms with van der Waals surface area (Å²) in [4.78, 5) is 20.7. The first-order valence-corrected chi connectivity index (χ1v) is 8.39. The van der Waals surface area contributed by atoms with Crippen LogP contribution in [0.3, 0.4) is 0 Å². The number of hydrogen-bond acceptors (Lipinski definition) is 5. The van der Waals surface area contributed by atoms with Crippen LogP contribution < -0.4 is 0 Å². The Morgan fingerprint density at radius 2 is 2.04 bits per heavy atom. The molecule has 0 radical (unpaired) electrons. The smallest absolute Gasteiger partial charge is 0.305 e. The number of rotatable bonds is 5. The minimum Gasteiger partial charge on any atom is -0.469 e. The van der Waals surface area contributed by atoms with Crippen molar-refractivity contribution in [3.8, 4) is 11.1 Å². The highest BCUT2D eigenvalue weighted by Gasteiger charge is 2.18. The van der Waals surface area contributed by atoms with Gasteiger partial charge in [-0.1, -0.05) is 0 Å². The second-order valence-corrected chi connectivity index (χ2v) is 6.08. The largest absolute Gasteiger partial charge is 0.469 e. The second-order valence-electron chi connectivity index (χ2n) is 6.08. The van der Waals surface area contributed by atoms with Crippen molar-refractivity contribution < 1.29 is 9.53 Å². The number of hydrogen-bond donors (Lipinski definition) is 0. The van der Waals surface area contributed by atoms with Crippen LogP contribution in [-0.2, 0) is 22.5 Å². The van der Waals surface area contributed by atoms with Crippen LogP contribution in [0.5, 0.6) is 0 Å². The molecule has 3 heterocycles. The number of nitrogens with zero attached hydrogens (tertiary/aromatic N) is 4. The molecule has 3 aromatic heterocycles. The van der Waals surface area contributed by atoms with Gasteiger partial charge in [0.1, 0.15) is 0 Å². The van der Waals surface area contributed by atoms with Crippen LogP contribution in [0.2, 0.25) is 0 Å². The number of methoxy groups -OCH3 is 1. The van der Waals surface area contributed by atoms with Crippen molar-refractivity contribution in [2.75, 3.05) is 7.11 Å². The van der Waals surface area contributed by atoms with E-state index < -0.39 is 0 Å². The molecule has 0 unspecified atom stereocenters. The molecule has 0 aromatic carbocycles. The monoisotopic (exact) mass is 338 g/mol. The minimum atomic E-state index is -0.225. The van der Waals surface area contributed by atoms with Crippen molar-refractivity contribution in [1.82, 2.24) is 19.7 Å². The normalized spacial score (nSPS) is 11.0. The SMILES string of the molecule is CCn1ncc2c(-c3cncc(C)c3)c(CCC(=O)OC)c(C)nc21. The number of aryl methyl sites for hydroxylation is 3. The topological polar surface area (TPSA) is 69.9 Å². The first kappa shape index (κ1) is 17.1. The third-order valence-electron chi connectivity index (χ3n) is 4.36. The Labute approximate surface area is 146 Å². The summed E-state index contributed by atoms with van der Waals surface area (Å²) >= 11 is 0. The Morgan fingerprint density at radius 3 is 2.72 bits per heavy atom. The third-order valence-corrected chi connectivity index (χ3v) is 4.36. The standard InChI is InChI=1S/C19H22N4O2/c1-5-23-19-16(11-21-23)18(14-8-12(2)9-20-10-14)15(13(3)22-19)6-7-17(24)25-4/h8-11H,5-7H2,1-4H3. The maximum atomic E-state index is 11.6. The van der Waals surface area contributed by atoms with Gasteiger partial charge in [0.2, 0.25) is 0 Å². The summed E-state index contributed by atoms with van der Waals surface area (Å²) in [7, 11) is 1.41. The molecule has 0 atom stereocenters. The summed E-state index contributed by atoms with van der Waals surface area (Å²) in [6.45, 7) is 6.79.